The summed E-state index contributed by atoms with van der Waals surface area (Å²) in [4.78, 5) is 75.2. The van der Waals surface area contributed by atoms with Crippen LogP contribution in [0.2, 0.25) is 0 Å². The van der Waals surface area contributed by atoms with E-state index in [0.29, 0.717) is 6.42 Å². The zero-order valence-corrected chi connectivity index (χ0v) is 29.1. The van der Waals surface area contributed by atoms with Crippen molar-refractivity contribution in [1.29, 1.82) is 0 Å². The highest BCUT2D eigenvalue weighted by Crippen LogP contribution is 2.40. The van der Waals surface area contributed by atoms with E-state index in [4.69, 9.17) is 30.6 Å². The van der Waals surface area contributed by atoms with E-state index in [9.17, 15) is 28.5 Å². The number of β-lactam (4-membered cyclic amide) rings is 1. The van der Waals surface area contributed by atoms with Crippen LogP contribution in [0.1, 0.15) is 67.0 Å². The molecule has 46 heavy (non-hydrogen) atoms. The number of hydrogen-bond acceptors (Lipinski definition) is 13. The number of unbranched alkanes of at least 4 members (excludes halogenated alkanes) is 1. The summed E-state index contributed by atoms with van der Waals surface area (Å²) < 4.78 is 28.7. The molecular weight excluding hydrogens is 665 g/mol. The van der Waals surface area contributed by atoms with Gasteiger partial charge in [-0.25, -0.2) is 19.4 Å². The van der Waals surface area contributed by atoms with Gasteiger partial charge in [-0.2, -0.15) is 0 Å². The molecule has 1 aromatic heterocycles. The van der Waals surface area contributed by atoms with Crippen LogP contribution in [0.5, 0.6) is 0 Å². The summed E-state index contributed by atoms with van der Waals surface area (Å²) in [5, 5.41) is 8.50. The van der Waals surface area contributed by atoms with E-state index in [1.807, 2.05) is 6.92 Å². The van der Waals surface area contributed by atoms with Gasteiger partial charge >= 0.3 is 26.1 Å². The number of aromatic nitrogens is 1. The van der Waals surface area contributed by atoms with Crippen LogP contribution in [0.25, 0.3) is 0 Å². The SMILES string of the molecule is BOC(=O)C1=C(CCl)[C@@H](C)[S+]([O-])[C@@H]2[C@H](NC(=O)/C(=N\OC(C)(C)C(=O)OCCCC)c3csc(NC(=O)OC(C)(C)C)n3)C(=O)N12. The lowest BCUT2D eigenvalue weighted by Crippen LogP contribution is -2.76. The Balaban J connectivity index is 1.92. The number of ether oxygens (including phenoxy) is 2. The quantitative estimate of drug-likeness (QED) is 0.0470. The molecule has 3 amide bonds. The molecule has 3 heterocycles. The predicted octanol–water partition coefficient (Wildman–Crippen LogP) is 1.72. The topological polar surface area (TPSA) is 198 Å². The molecule has 0 aromatic carbocycles. The molecule has 0 spiro atoms. The number of esters is 1. The molecule has 3 rings (SSSR count). The second kappa shape index (κ2) is 15.0. The molecule has 0 aliphatic carbocycles. The first-order chi connectivity index (χ1) is 21.5. The predicted molar refractivity (Wildman–Crippen MR) is 172 cm³/mol. The van der Waals surface area contributed by atoms with Gasteiger partial charge in [0.2, 0.25) is 11.0 Å². The normalized spacial score (nSPS) is 21.5. The fourth-order valence-electron chi connectivity index (χ4n) is 4.19. The number of nitrogens with zero attached hydrogens (tertiary/aromatic N) is 3. The molecule has 2 aliphatic rings. The van der Waals surface area contributed by atoms with Crippen molar-refractivity contribution in [3.05, 3.63) is 22.3 Å². The highest BCUT2D eigenvalue weighted by Gasteiger charge is 2.63. The lowest BCUT2D eigenvalue weighted by atomic mass is 10.0. The number of hydrogen-bond donors (Lipinski definition) is 2. The third-order valence-electron chi connectivity index (χ3n) is 6.63. The lowest BCUT2D eigenvalue weighted by molar-refractivity contribution is -0.168. The zero-order chi connectivity index (χ0) is 34.6. The first-order valence-electron chi connectivity index (χ1n) is 14.3. The standard InChI is InChI=1S/C27H37BClN5O10S2/c1-8-9-10-41-23(38)27(6,7)44-33-16(15-12-45-24(30-15)32-25(39)42-26(3,4)5)19(35)31-17-20(36)34-18(22(37)43-28)14(11-29)13(2)46(40)21(17)34/h12-13,17,21H,8-11,28H2,1-7H3,(H,31,35)(H,30,32,39)/b33-16-/t13-,17-,21-,46?/m1/s1. The van der Waals surface area contributed by atoms with Crippen molar-refractivity contribution >= 4 is 82.9 Å². The number of fused-ring (bicyclic) bond motifs is 1. The van der Waals surface area contributed by atoms with Crippen LogP contribution in [0, 0.1) is 0 Å². The molecule has 2 aliphatic heterocycles. The molecule has 19 heteroatoms. The highest BCUT2D eigenvalue weighted by atomic mass is 35.5. The number of nitrogens with one attached hydrogen (secondary N) is 2. The molecular formula is C27H37BClN5O10S2. The number of amides is 3. The number of carbonyl (C=O) groups excluding carboxylic acids is 5. The largest absolute Gasteiger partial charge is 0.614 e. The summed E-state index contributed by atoms with van der Waals surface area (Å²) in [6, 6.07) is -1.33. The van der Waals surface area contributed by atoms with E-state index < -0.39 is 74.6 Å². The molecule has 1 aromatic rings. The number of halogens is 1. The monoisotopic (exact) mass is 701 g/mol. The van der Waals surface area contributed by atoms with Crippen LogP contribution in [0.15, 0.2) is 21.8 Å². The van der Waals surface area contributed by atoms with E-state index >= 15 is 0 Å². The minimum absolute atomic E-state index is 0.0533. The smallest absolute Gasteiger partial charge is 0.413 e. The first-order valence-corrected chi connectivity index (χ1v) is 17.0. The minimum atomic E-state index is -1.77. The molecule has 0 saturated carbocycles. The summed E-state index contributed by atoms with van der Waals surface area (Å²) in [5.74, 6) is -3.44. The van der Waals surface area contributed by atoms with Gasteiger partial charge in [-0.05, 0) is 59.1 Å². The van der Waals surface area contributed by atoms with Gasteiger partial charge in [-0.3, -0.25) is 19.8 Å². The van der Waals surface area contributed by atoms with Crippen LogP contribution in [-0.2, 0) is 49.3 Å². The van der Waals surface area contributed by atoms with E-state index in [0.717, 1.165) is 30.7 Å². The maximum atomic E-state index is 13.7. The van der Waals surface area contributed by atoms with Crippen LogP contribution < -0.4 is 10.6 Å². The number of carbonyl (C=O) groups is 5. The maximum absolute atomic E-state index is 13.7. The van der Waals surface area contributed by atoms with Gasteiger partial charge in [-0.15, -0.1) is 22.9 Å². The number of alkyl halides is 1. The van der Waals surface area contributed by atoms with Gasteiger partial charge in [0.15, 0.2) is 16.9 Å². The van der Waals surface area contributed by atoms with E-state index in [1.54, 1.807) is 27.7 Å². The van der Waals surface area contributed by atoms with Crippen molar-refractivity contribution in [2.75, 3.05) is 17.8 Å². The van der Waals surface area contributed by atoms with Gasteiger partial charge < -0.3 is 28.8 Å². The summed E-state index contributed by atoms with van der Waals surface area (Å²) in [5.41, 5.74) is -2.80. The number of rotatable bonds is 12. The zero-order valence-electron chi connectivity index (χ0n) is 26.8. The van der Waals surface area contributed by atoms with Crippen molar-refractivity contribution in [3.8, 4) is 0 Å². The van der Waals surface area contributed by atoms with Gasteiger partial charge in [0.25, 0.3) is 11.8 Å². The van der Waals surface area contributed by atoms with Crippen LogP contribution in [0.3, 0.4) is 0 Å². The Kier molecular flexibility index (Phi) is 12.1. The Morgan fingerprint density at radius 2 is 1.91 bits per heavy atom. The van der Waals surface area contributed by atoms with Crippen molar-refractivity contribution in [1.82, 2.24) is 15.2 Å². The summed E-state index contributed by atoms with van der Waals surface area (Å²) in [6.07, 6.45) is 0.646. The molecule has 0 radical (unpaired) electrons. The Labute approximate surface area is 279 Å². The van der Waals surface area contributed by atoms with Crippen molar-refractivity contribution in [3.63, 3.8) is 0 Å². The summed E-state index contributed by atoms with van der Waals surface area (Å²) in [6.45, 7) is 11.5. The van der Waals surface area contributed by atoms with Crippen LogP contribution in [0.4, 0.5) is 9.93 Å². The Morgan fingerprint density at radius 3 is 2.50 bits per heavy atom. The second-order valence-corrected chi connectivity index (χ2v) is 14.7. The first kappa shape index (κ1) is 37.1. The van der Waals surface area contributed by atoms with Gasteiger partial charge in [0.05, 0.1) is 12.5 Å². The van der Waals surface area contributed by atoms with E-state index in [-0.39, 0.29) is 34.6 Å². The van der Waals surface area contributed by atoms with Gasteiger partial charge in [0, 0.05) is 11.0 Å². The van der Waals surface area contributed by atoms with Gasteiger partial charge in [-0.1, -0.05) is 18.5 Å². The van der Waals surface area contributed by atoms with Crippen molar-refractivity contribution < 1.29 is 47.5 Å². The summed E-state index contributed by atoms with van der Waals surface area (Å²) in [7, 11) is 1.14. The van der Waals surface area contributed by atoms with E-state index in [1.165, 1.54) is 19.2 Å². The molecule has 1 saturated heterocycles. The number of thiazole rings is 1. The fraction of sp³-hybridized carbons (Fsp3) is 0.593. The fourth-order valence-corrected chi connectivity index (χ4v) is 7.09. The van der Waals surface area contributed by atoms with Crippen LogP contribution >= 0.6 is 22.9 Å². The molecule has 252 valence electrons. The third-order valence-corrected chi connectivity index (χ3v) is 9.62. The van der Waals surface area contributed by atoms with Crippen LogP contribution in [-0.4, -0.2) is 98.4 Å². The van der Waals surface area contributed by atoms with E-state index in [2.05, 4.69) is 20.8 Å². The second-order valence-electron chi connectivity index (χ2n) is 11.7. The Bertz CT molecular complexity index is 1430. The third kappa shape index (κ3) is 8.32. The minimum Gasteiger partial charge on any atom is -0.614 e. The molecule has 1 unspecified atom stereocenters. The number of anilines is 1. The molecule has 1 fully saturated rings. The highest BCUT2D eigenvalue weighted by molar-refractivity contribution is 7.93. The maximum Gasteiger partial charge on any atom is 0.413 e. The van der Waals surface area contributed by atoms with Crippen molar-refractivity contribution in [2.24, 2.45) is 5.16 Å². The average Bonchev–Trinajstić information content (AvgIpc) is 3.43. The molecule has 0 bridgehead atoms. The van der Waals surface area contributed by atoms with Crippen molar-refractivity contribution in [2.45, 2.75) is 89.2 Å². The Hall–Kier alpha value is -3.35. The number of oxime groups is 1. The Morgan fingerprint density at radius 1 is 1.24 bits per heavy atom. The lowest BCUT2D eigenvalue weighted by Gasteiger charge is -2.50. The average molecular weight is 702 g/mol. The molecule has 4 atom stereocenters. The molecule has 15 nitrogen and oxygen atoms in total. The molecule has 2 N–H and O–H groups in total. The van der Waals surface area contributed by atoms with Gasteiger partial charge in [0.1, 0.15) is 22.2 Å². The summed E-state index contributed by atoms with van der Waals surface area (Å²) >= 11 is 5.21.